The maximum atomic E-state index is 12.0. The summed E-state index contributed by atoms with van der Waals surface area (Å²) in [5, 5.41) is 5.62. The number of nitrogens with zero attached hydrogens (tertiary/aromatic N) is 1. The molecule has 1 fully saturated rings. The Balaban J connectivity index is 1.47. The van der Waals surface area contributed by atoms with Crippen molar-refractivity contribution in [1.82, 2.24) is 15.6 Å². The summed E-state index contributed by atoms with van der Waals surface area (Å²) >= 11 is 1.45. The average molecular weight is 387 g/mol. The molecule has 0 aliphatic heterocycles. The van der Waals surface area contributed by atoms with Gasteiger partial charge in [-0.1, -0.05) is 25.0 Å². The third-order valence-corrected chi connectivity index (χ3v) is 5.26. The summed E-state index contributed by atoms with van der Waals surface area (Å²) in [6, 6.07) is 7.21. The van der Waals surface area contributed by atoms with Gasteiger partial charge in [0.1, 0.15) is 5.01 Å². The topological polar surface area (TPSA) is 97.4 Å². The second-order valence-electron chi connectivity index (χ2n) is 6.38. The molecule has 0 saturated heterocycles. The van der Waals surface area contributed by atoms with Gasteiger partial charge in [-0.25, -0.2) is 14.6 Å². The van der Waals surface area contributed by atoms with E-state index >= 15 is 0 Å². The van der Waals surface area contributed by atoms with Crippen LogP contribution in [0.3, 0.4) is 0 Å². The van der Waals surface area contributed by atoms with Crippen molar-refractivity contribution in [2.75, 3.05) is 0 Å². The van der Waals surface area contributed by atoms with Crippen LogP contribution in [0, 0.1) is 0 Å². The molecule has 3 rings (SSSR count). The first-order chi connectivity index (χ1) is 13.0. The summed E-state index contributed by atoms with van der Waals surface area (Å²) < 4.78 is 6.06. The van der Waals surface area contributed by atoms with Gasteiger partial charge in [-0.3, -0.25) is 10.1 Å². The fourth-order valence-electron chi connectivity index (χ4n) is 2.87. The number of para-hydroxylation sites is 1. The molecule has 1 saturated carbocycles. The molecule has 1 aliphatic rings. The number of carbonyl (C=O) groups excluding carboxylic acids is 3. The van der Waals surface area contributed by atoms with Gasteiger partial charge in [0.15, 0.2) is 6.10 Å². The van der Waals surface area contributed by atoms with E-state index in [4.69, 9.17) is 4.74 Å². The fourth-order valence-corrected chi connectivity index (χ4v) is 3.74. The summed E-state index contributed by atoms with van der Waals surface area (Å²) in [6.45, 7) is 1.42. The molecule has 27 heavy (non-hydrogen) atoms. The highest BCUT2D eigenvalue weighted by atomic mass is 32.1. The van der Waals surface area contributed by atoms with Gasteiger partial charge < -0.3 is 10.1 Å². The average Bonchev–Trinajstić information content (AvgIpc) is 3.28. The highest BCUT2D eigenvalue weighted by Gasteiger charge is 2.22. The molecule has 1 aliphatic carbocycles. The molecule has 0 unspecified atom stereocenters. The minimum atomic E-state index is -1.08. The van der Waals surface area contributed by atoms with Crippen LogP contribution in [-0.4, -0.2) is 35.0 Å². The number of carbonyl (C=O) groups is 3. The first-order valence-electron chi connectivity index (χ1n) is 8.87. The molecule has 0 bridgehead atoms. The molecule has 2 aromatic rings. The lowest BCUT2D eigenvalue weighted by Gasteiger charge is -2.15. The SMILES string of the molecule is C[C@@H](OC(=O)/C=C/c1nc2ccccc2s1)C(=O)NC(=O)NC1CCCC1. The zero-order valence-corrected chi connectivity index (χ0v) is 15.8. The maximum absolute atomic E-state index is 12.0. The van der Waals surface area contributed by atoms with Gasteiger partial charge in [0, 0.05) is 12.1 Å². The molecule has 3 amide bonds. The molecule has 1 heterocycles. The predicted octanol–water partition coefficient (Wildman–Crippen LogP) is 3.01. The number of amides is 3. The van der Waals surface area contributed by atoms with Crippen LogP contribution in [0.5, 0.6) is 0 Å². The smallest absolute Gasteiger partial charge is 0.331 e. The maximum Gasteiger partial charge on any atom is 0.331 e. The summed E-state index contributed by atoms with van der Waals surface area (Å²) in [6.07, 6.45) is 5.68. The lowest BCUT2D eigenvalue weighted by atomic mass is 10.2. The normalized spacial score (nSPS) is 15.7. The van der Waals surface area contributed by atoms with Crippen LogP contribution in [0.2, 0.25) is 0 Å². The molecule has 142 valence electrons. The number of hydrogen-bond donors (Lipinski definition) is 2. The third kappa shape index (κ3) is 5.37. The zero-order chi connectivity index (χ0) is 19.2. The second kappa shape index (κ2) is 8.77. The quantitative estimate of drug-likeness (QED) is 0.607. The van der Waals surface area contributed by atoms with E-state index < -0.39 is 24.0 Å². The molecule has 1 atom stereocenters. The predicted molar refractivity (Wildman–Crippen MR) is 103 cm³/mol. The summed E-state index contributed by atoms with van der Waals surface area (Å²) in [5.41, 5.74) is 0.858. The first kappa shape index (κ1) is 19.0. The monoisotopic (exact) mass is 387 g/mol. The van der Waals surface area contributed by atoms with Crippen molar-refractivity contribution in [3.05, 3.63) is 35.3 Å². The van der Waals surface area contributed by atoms with E-state index in [9.17, 15) is 14.4 Å². The summed E-state index contributed by atoms with van der Waals surface area (Å²) in [4.78, 5) is 40.0. The van der Waals surface area contributed by atoms with Crippen molar-refractivity contribution >= 4 is 45.5 Å². The zero-order valence-electron chi connectivity index (χ0n) is 14.9. The van der Waals surface area contributed by atoms with Crippen LogP contribution in [0.25, 0.3) is 16.3 Å². The Kier molecular flexibility index (Phi) is 6.18. The molecule has 8 heteroatoms. The van der Waals surface area contributed by atoms with Crippen LogP contribution >= 0.6 is 11.3 Å². The van der Waals surface area contributed by atoms with E-state index in [1.54, 1.807) is 6.08 Å². The number of aromatic nitrogens is 1. The number of rotatable bonds is 5. The standard InChI is InChI=1S/C19H21N3O4S/c1-12(18(24)22-19(25)20-13-6-2-3-7-13)26-17(23)11-10-16-21-14-8-4-5-9-15(14)27-16/h4-5,8-13H,2-3,6-7H2,1H3,(H2,20,22,24,25)/b11-10+/t12-/m1/s1. The lowest BCUT2D eigenvalue weighted by Crippen LogP contribution is -2.47. The number of hydrogen-bond acceptors (Lipinski definition) is 6. The molecule has 0 radical (unpaired) electrons. The van der Waals surface area contributed by atoms with Crippen molar-refractivity contribution < 1.29 is 19.1 Å². The van der Waals surface area contributed by atoms with E-state index in [-0.39, 0.29) is 6.04 Å². The number of benzene rings is 1. The van der Waals surface area contributed by atoms with Crippen molar-refractivity contribution in [3.63, 3.8) is 0 Å². The Morgan fingerprint density at radius 3 is 2.74 bits per heavy atom. The molecule has 0 spiro atoms. The van der Waals surface area contributed by atoms with Crippen LogP contribution in [0.15, 0.2) is 30.3 Å². The van der Waals surface area contributed by atoms with Gasteiger partial charge in [0.2, 0.25) is 0 Å². The van der Waals surface area contributed by atoms with Gasteiger partial charge in [0.25, 0.3) is 5.91 Å². The third-order valence-electron chi connectivity index (χ3n) is 4.26. The van der Waals surface area contributed by atoms with Gasteiger partial charge in [0.05, 0.1) is 10.2 Å². The minimum absolute atomic E-state index is 0.104. The van der Waals surface area contributed by atoms with Crippen LogP contribution < -0.4 is 10.6 Å². The Bertz CT molecular complexity index is 838. The van der Waals surface area contributed by atoms with Gasteiger partial charge in [-0.15, -0.1) is 11.3 Å². The Morgan fingerprint density at radius 1 is 1.26 bits per heavy atom. The number of thiazole rings is 1. The lowest BCUT2D eigenvalue weighted by molar-refractivity contribution is -0.149. The van der Waals surface area contributed by atoms with E-state index in [0.717, 1.165) is 35.9 Å². The summed E-state index contributed by atoms with van der Waals surface area (Å²) in [5.74, 6) is -1.33. The minimum Gasteiger partial charge on any atom is -0.449 e. The molecular weight excluding hydrogens is 366 g/mol. The second-order valence-corrected chi connectivity index (χ2v) is 7.44. The molecular formula is C19H21N3O4S. The largest absolute Gasteiger partial charge is 0.449 e. The van der Waals surface area contributed by atoms with E-state index in [2.05, 4.69) is 15.6 Å². The fraction of sp³-hybridized carbons (Fsp3) is 0.368. The van der Waals surface area contributed by atoms with Crippen molar-refractivity contribution in [3.8, 4) is 0 Å². The van der Waals surface area contributed by atoms with E-state index in [0.29, 0.717) is 5.01 Å². The summed E-state index contributed by atoms with van der Waals surface area (Å²) in [7, 11) is 0. The van der Waals surface area contributed by atoms with Crippen molar-refractivity contribution in [2.24, 2.45) is 0 Å². The molecule has 2 N–H and O–H groups in total. The number of urea groups is 1. The highest BCUT2D eigenvalue weighted by Crippen LogP contribution is 2.22. The van der Waals surface area contributed by atoms with Gasteiger partial charge in [-0.2, -0.15) is 0 Å². The molecule has 7 nitrogen and oxygen atoms in total. The van der Waals surface area contributed by atoms with Gasteiger partial charge >= 0.3 is 12.0 Å². The number of nitrogens with one attached hydrogen (secondary N) is 2. The molecule has 1 aromatic heterocycles. The first-order valence-corrected chi connectivity index (χ1v) is 9.68. The Morgan fingerprint density at radius 2 is 2.00 bits per heavy atom. The van der Waals surface area contributed by atoms with E-state index in [1.165, 1.54) is 24.3 Å². The molecule has 1 aromatic carbocycles. The number of ether oxygens (including phenoxy) is 1. The van der Waals surface area contributed by atoms with Crippen LogP contribution in [-0.2, 0) is 14.3 Å². The Labute approximate surface area is 160 Å². The van der Waals surface area contributed by atoms with Crippen molar-refractivity contribution in [1.29, 1.82) is 0 Å². The number of fused-ring (bicyclic) bond motifs is 1. The highest BCUT2D eigenvalue weighted by molar-refractivity contribution is 7.19. The Hall–Kier alpha value is -2.74. The number of imide groups is 1. The van der Waals surface area contributed by atoms with Crippen molar-refractivity contribution in [2.45, 2.75) is 44.8 Å². The van der Waals surface area contributed by atoms with Gasteiger partial charge in [-0.05, 0) is 38.0 Å². The van der Waals surface area contributed by atoms with Crippen LogP contribution in [0.4, 0.5) is 4.79 Å². The van der Waals surface area contributed by atoms with Crippen LogP contribution in [0.1, 0.15) is 37.6 Å². The van der Waals surface area contributed by atoms with E-state index in [1.807, 2.05) is 24.3 Å². The number of esters is 1.